The number of hydrogen-bond donors (Lipinski definition) is 1. The summed E-state index contributed by atoms with van der Waals surface area (Å²) in [6.45, 7) is 1.67. The van der Waals surface area contributed by atoms with E-state index in [9.17, 15) is 0 Å². The molecular formula is C14H19N3O. The van der Waals surface area contributed by atoms with Gasteiger partial charge in [-0.15, -0.1) is 0 Å². The number of nitrogens with two attached hydrogens (primary N) is 1. The molecule has 1 heterocycles. The second-order valence-corrected chi connectivity index (χ2v) is 4.72. The van der Waals surface area contributed by atoms with Gasteiger partial charge in [-0.05, 0) is 31.4 Å². The minimum atomic E-state index is 0.272. The molecule has 1 aromatic carbocycles. The highest BCUT2D eigenvalue weighted by Crippen LogP contribution is 2.26. The van der Waals surface area contributed by atoms with Crippen molar-refractivity contribution in [2.24, 2.45) is 0 Å². The summed E-state index contributed by atoms with van der Waals surface area (Å²) in [5.74, 6) is 0. The van der Waals surface area contributed by atoms with Gasteiger partial charge in [-0.25, -0.2) is 0 Å². The molecule has 4 nitrogen and oxygen atoms in total. The lowest BCUT2D eigenvalue weighted by atomic mass is 10.1. The van der Waals surface area contributed by atoms with E-state index in [-0.39, 0.29) is 6.10 Å². The predicted octanol–water partition coefficient (Wildman–Crippen LogP) is 2.15. The lowest BCUT2D eigenvalue weighted by Crippen LogP contribution is -2.33. The average molecular weight is 245 g/mol. The number of para-hydroxylation sites is 1. The normalized spacial score (nSPS) is 19.2. The first-order valence-corrected chi connectivity index (χ1v) is 6.33. The third kappa shape index (κ3) is 2.74. The first-order chi connectivity index (χ1) is 8.72. The van der Waals surface area contributed by atoms with Gasteiger partial charge in [-0.1, -0.05) is 6.07 Å². The van der Waals surface area contributed by atoms with Gasteiger partial charge >= 0.3 is 0 Å². The van der Waals surface area contributed by atoms with Crippen LogP contribution in [0.25, 0.3) is 0 Å². The van der Waals surface area contributed by atoms with Crippen LogP contribution in [0.1, 0.15) is 24.8 Å². The molecule has 4 heteroatoms. The maximum atomic E-state index is 8.97. The van der Waals surface area contributed by atoms with Crippen LogP contribution in [-0.4, -0.2) is 26.3 Å². The van der Waals surface area contributed by atoms with Crippen LogP contribution in [0.15, 0.2) is 18.2 Å². The molecule has 1 aliphatic heterocycles. The van der Waals surface area contributed by atoms with Crippen molar-refractivity contribution < 1.29 is 4.74 Å². The van der Waals surface area contributed by atoms with Gasteiger partial charge in [-0.3, -0.25) is 0 Å². The molecule has 2 N–H and O–H groups in total. The van der Waals surface area contributed by atoms with Crippen molar-refractivity contribution in [1.29, 1.82) is 5.26 Å². The van der Waals surface area contributed by atoms with Crippen molar-refractivity contribution in [3.05, 3.63) is 23.8 Å². The van der Waals surface area contributed by atoms with E-state index < -0.39 is 0 Å². The van der Waals surface area contributed by atoms with E-state index in [1.54, 1.807) is 6.07 Å². The fourth-order valence-electron chi connectivity index (χ4n) is 2.34. The number of nitrogen functional groups attached to an aromatic ring is 1. The van der Waals surface area contributed by atoms with Crippen LogP contribution in [0.5, 0.6) is 0 Å². The number of rotatable bonds is 3. The highest BCUT2D eigenvalue weighted by atomic mass is 16.5. The summed E-state index contributed by atoms with van der Waals surface area (Å²) >= 11 is 0. The van der Waals surface area contributed by atoms with Crippen LogP contribution in [0.2, 0.25) is 0 Å². The van der Waals surface area contributed by atoms with E-state index in [1.807, 2.05) is 19.2 Å². The minimum absolute atomic E-state index is 0.272. The quantitative estimate of drug-likeness (QED) is 0.829. The van der Waals surface area contributed by atoms with Crippen molar-refractivity contribution in [3.8, 4) is 6.07 Å². The molecular weight excluding hydrogens is 226 g/mol. The molecule has 0 amide bonds. The Morgan fingerprint density at radius 2 is 2.33 bits per heavy atom. The highest BCUT2D eigenvalue weighted by molar-refractivity contribution is 5.73. The number of nitriles is 1. The summed E-state index contributed by atoms with van der Waals surface area (Å²) in [5, 5.41) is 8.97. The zero-order chi connectivity index (χ0) is 13.0. The first-order valence-electron chi connectivity index (χ1n) is 6.33. The predicted molar refractivity (Wildman–Crippen MR) is 72.4 cm³/mol. The Hall–Kier alpha value is -1.73. The van der Waals surface area contributed by atoms with Gasteiger partial charge in [0.15, 0.2) is 0 Å². The summed E-state index contributed by atoms with van der Waals surface area (Å²) in [4.78, 5) is 2.08. The zero-order valence-electron chi connectivity index (χ0n) is 10.7. The summed E-state index contributed by atoms with van der Waals surface area (Å²) < 4.78 is 5.72. The van der Waals surface area contributed by atoms with Crippen molar-refractivity contribution in [2.45, 2.75) is 25.4 Å². The molecule has 0 spiro atoms. The Morgan fingerprint density at radius 3 is 3.00 bits per heavy atom. The van der Waals surface area contributed by atoms with Crippen molar-refractivity contribution in [2.75, 3.05) is 30.8 Å². The van der Waals surface area contributed by atoms with Crippen LogP contribution >= 0.6 is 0 Å². The van der Waals surface area contributed by atoms with Gasteiger partial charge in [0, 0.05) is 20.2 Å². The minimum Gasteiger partial charge on any atom is -0.396 e. The molecule has 1 aromatic rings. The van der Waals surface area contributed by atoms with Crippen LogP contribution < -0.4 is 10.6 Å². The highest BCUT2D eigenvalue weighted by Gasteiger charge is 2.17. The fraction of sp³-hybridized carbons (Fsp3) is 0.500. The van der Waals surface area contributed by atoms with Crippen LogP contribution in [0, 0.1) is 11.3 Å². The Labute approximate surface area is 108 Å². The molecule has 2 rings (SSSR count). The lowest BCUT2D eigenvalue weighted by molar-refractivity contribution is 0.0216. The topological polar surface area (TPSA) is 62.3 Å². The summed E-state index contributed by atoms with van der Waals surface area (Å²) in [6.07, 6.45) is 3.76. The third-order valence-electron chi connectivity index (χ3n) is 3.37. The lowest BCUT2D eigenvalue weighted by Gasteiger charge is -2.29. The maximum absolute atomic E-state index is 8.97. The molecule has 18 heavy (non-hydrogen) atoms. The van der Waals surface area contributed by atoms with Gasteiger partial charge in [0.25, 0.3) is 0 Å². The zero-order valence-corrected chi connectivity index (χ0v) is 10.7. The first kappa shape index (κ1) is 12.7. The number of hydrogen-bond acceptors (Lipinski definition) is 4. The van der Waals surface area contributed by atoms with Gasteiger partial charge < -0.3 is 15.4 Å². The molecule has 0 saturated carbocycles. The molecule has 1 aliphatic rings. The summed E-state index contributed by atoms with van der Waals surface area (Å²) in [6, 6.07) is 7.66. The van der Waals surface area contributed by atoms with Crippen molar-refractivity contribution in [1.82, 2.24) is 0 Å². The molecule has 0 bridgehead atoms. The number of likely N-dealkylation sites (N-methyl/N-ethyl adjacent to an activating group) is 1. The van der Waals surface area contributed by atoms with E-state index in [1.165, 1.54) is 6.42 Å². The summed E-state index contributed by atoms with van der Waals surface area (Å²) in [5.41, 5.74) is 7.99. The fourth-order valence-corrected chi connectivity index (χ4v) is 2.34. The van der Waals surface area contributed by atoms with E-state index in [4.69, 9.17) is 15.7 Å². The molecule has 1 saturated heterocycles. The van der Waals surface area contributed by atoms with E-state index >= 15 is 0 Å². The number of benzene rings is 1. The molecule has 1 fully saturated rings. The standard InChI is InChI=1S/C14H19N3O/c1-17(10-12-6-2-3-8-18-12)13-7-4-5-11(9-15)14(13)16/h4-5,7,12H,2-3,6,8,10,16H2,1H3. The van der Waals surface area contributed by atoms with Gasteiger partial charge in [0.05, 0.1) is 23.0 Å². The molecule has 0 aromatic heterocycles. The summed E-state index contributed by atoms with van der Waals surface area (Å²) in [7, 11) is 1.99. The van der Waals surface area contributed by atoms with Gasteiger partial charge in [0.2, 0.25) is 0 Å². The monoisotopic (exact) mass is 245 g/mol. The molecule has 1 unspecified atom stereocenters. The van der Waals surface area contributed by atoms with Gasteiger partial charge in [0.1, 0.15) is 6.07 Å². The van der Waals surface area contributed by atoms with Crippen molar-refractivity contribution in [3.63, 3.8) is 0 Å². The number of anilines is 2. The number of ether oxygens (including phenoxy) is 1. The van der Waals surface area contributed by atoms with E-state index in [0.29, 0.717) is 11.3 Å². The smallest absolute Gasteiger partial charge is 0.101 e. The average Bonchev–Trinajstić information content (AvgIpc) is 2.40. The second kappa shape index (κ2) is 5.74. The van der Waals surface area contributed by atoms with Gasteiger partial charge in [-0.2, -0.15) is 5.26 Å². The largest absolute Gasteiger partial charge is 0.396 e. The van der Waals surface area contributed by atoms with E-state index in [2.05, 4.69) is 11.0 Å². The molecule has 1 atom stereocenters. The second-order valence-electron chi connectivity index (χ2n) is 4.72. The third-order valence-corrected chi connectivity index (χ3v) is 3.37. The van der Waals surface area contributed by atoms with Crippen LogP contribution in [0.4, 0.5) is 11.4 Å². The number of nitrogens with zero attached hydrogens (tertiary/aromatic N) is 2. The van der Waals surface area contributed by atoms with E-state index in [0.717, 1.165) is 31.7 Å². The molecule has 0 aliphatic carbocycles. The van der Waals surface area contributed by atoms with Crippen molar-refractivity contribution >= 4 is 11.4 Å². The molecule has 96 valence electrons. The Balaban J connectivity index is 2.08. The molecule has 0 radical (unpaired) electrons. The van der Waals surface area contributed by atoms with Crippen LogP contribution in [0.3, 0.4) is 0 Å². The SMILES string of the molecule is CN(CC1CCCCO1)c1cccc(C#N)c1N. The Bertz CT molecular complexity index is 447. The Morgan fingerprint density at radius 1 is 1.50 bits per heavy atom. The Kier molecular flexibility index (Phi) is 4.06. The maximum Gasteiger partial charge on any atom is 0.101 e. The van der Waals surface area contributed by atoms with Crippen LogP contribution in [-0.2, 0) is 4.74 Å².